The number of piperidine rings is 1. The first kappa shape index (κ1) is 10.8. The van der Waals surface area contributed by atoms with Crippen LogP contribution >= 0.6 is 11.6 Å². The molecule has 1 heterocycles. The highest BCUT2D eigenvalue weighted by atomic mass is 35.5. The van der Waals surface area contributed by atoms with E-state index in [9.17, 15) is 0 Å². The van der Waals surface area contributed by atoms with E-state index in [1.165, 1.54) is 5.69 Å². The summed E-state index contributed by atoms with van der Waals surface area (Å²) in [5.74, 6) is 0.553. The van der Waals surface area contributed by atoms with Gasteiger partial charge in [0.15, 0.2) is 0 Å². The predicted molar refractivity (Wildman–Crippen MR) is 65.4 cm³/mol. The van der Waals surface area contributed by atoms with Crippen LogP contribution in [0.25, 0.3) is 0 Å². The van der Waals surface area contributed by atoms with Crippen LogP contribution in [0.4, 0.5) is 5.69 Å². The number of hydrogen-bond donors (Lipinski definition) is 1. The Kier molecular flexibility index (Phi) is 3.17. The molecule has 1 aliphatic heterocycles. The van der Waals surface area contributed by atoms with Crippen molar-refractivity contribution in [2.45, 2.75) is 19.4 Å². The Labute approximate surface area is 96.0 Å². The zero-order valence-electron chi connectivity index (χ0n) is 8.99. The van der Waals surface area contributed by atoms with Gasteiger partial charge in [-0.3, -0.25) is 0 Å². The van der Waals surface area contributed by atoms with Crippen LogP contribution in [-0.4, -0.2) is 19.1 Å². The smallest absolute Gasteiger partial charge is 0.0426 e. The highest BCUT2D eigenvalue weighted by Crippen LogP contribution is 2.24. The van der Waals surface area contributed by atoms with Crippen molar-refractivity contribution in [1.29, 1.82) is 0 Å². The van der Waals surface area contributed by atoms with Crippen LogP contribution in [0.5, 0.6) is 0 Å². The number of nitrogens with two attached hydrogens (primary N) is 1. The van der Waals surface area contributed by atoms with Gasteiger partial charge in [0.2, 0.25) is 0 Å². The maximum absolute atomic E-state index is 6.00. The van der Waals surface area contributed by atoms with E-state index in [1.54, 1.807) is 0 Å². The largest absolute Gasteiger partial charge is 0.371 e. The molecule has 0 saturated carbocycles. The van der Waals surface area contributed by atoms with Crippen molar-refractivity contribution in [3.63, 3.8) is 0 Å². The summed E-state index contributed by atoms with van der Waals surface area (Å²) in [5.41, 5.74) is 7.21. The van der Waals surface area contributed by atoms with Gasteiger partial charge in [0.05, 0.1) is 0 Å². The number of anilines is 1. The monoisotopic (exact) mass is 224 g/mol. The van der Waals surface area contributed by atoms with Gasteiger partial charge in [0.25, 0.3) is 0 Å². The van der Waals surface area contributed by atoms with Gasteiger partial charge in [-0.05, 0) is 30.5 Å². The Bertz CT molecular complexity index is 340. The molecule has 3 heteroatoms. The first-order valence-corrected chi connectivity index (χ1v) is 5.80. The van der Waals surface area contributed by atoms with Crippen molar-refractivity contribution in [3.8, 4) is 0 Å². The molecule has 2 unspecified atom stereocenters. The summed E-state index contributed by atoms with van der Waals surface area (Å²) in [6.07, 6.45) is 1.06. The molecule has 1 aliphatic rings. The number of halogens is 1. The van der Waals surface area contributed by atoms with E-state index in [-0.39, 0.29) is 0 Å². The van der Waals surface area contributed by atoms with Crippen molar-refractivity contribution >= 4 is 17.3 Å². The predicted octanol–water partition coefficient (Wildman–Crippen LogP) is 2.51. The molecule has 15 heavy (non-hydrogen) atoms. The lowest BCUT2D eigenvalue weighted by atomic mass is 9.94. The summed E-state index contributed by atoms with van der Waals surface area (Å²) in [4.78, 5) is 2.36. The average molecular weight is 225 g/mol. The lowest BCUT2D eigenvalue weighted by molar-refractivity contribution is 0.383. The van der Waals surface area contributed by atoms with Crippen molar-refractivity contribution in [2.24, 2.45) is 11.7 Å². The first-order chi connectivity index (χ1) is 7.16. The summed E-state index contributed by atoms with van der Waals surface area (Å²) in [5, 5.41) is 0.801. The van der Waals surface area contributed by atoms with E-state index >= 15 is 0 Å². The van der Waals surface area contributed by atoms with Crippen LogP contribution in [0.1, 0.15) is 13.3 Å². The molecule has 0 amide bonds. The second-order valence-corrected chi connectivity index (χ2v) is 4.79. The fourth-order valence-electron chi connectivity index (χ4n) is 2.07. The molecule has 1 aromatic rings. The number of hydrogen-bond acceptors (Lipinski definition) is 2. The first-order valence-electron chi connectivity index (χ1n) is 5.43. The van der Waals surface area contributed by atoms with Gasteiger partial charge in [-0.1, -0.05) is 24.6 Å². The molecule has 1 aromatic carbocycles. The molecule has 0 aromatic heterocycles. The van der Waals surface area contributed by atoms with Gasteiger partial charge in [-0.15, -0.1) is 0 Å². The van der Waals surface area contributed by atoms with E-state index in [0.29, 0.717) is 12.0 Å². The third kappa shape index (κ3) is 2.44. The van der Waals surface area contributed by atoms with E-state index < -0.39 is 0 Å². The SMILES string of the molecule is CC1CN(c2cccc(Cl)c2)CCC1N. The van der Waals surface area contributed by atoms with Crippen LogP contribution in [0.2, 0.25) is 5.02 Å². The fourth-order valence-corrected chi connectivity index (χ4v) is 2.26. The van der Waals surface area contributed by atoms with Crippen LogP contribution in [-0.2, 0) is 0 Å². The summed E-state index contributed by atoms with van der Waals surface area (Å²) >= 11 is 5.98. The molecule has 2 N–H and O–H groups in total. The second-order valence-electron chi connectivity index (χ2n) is 4.36. The molecule has 82 valence electrons. The molecule has 0 radical (unpaired) electrons. The molecule has 2 nitrogen and oxygen atoms in total. The lowest BCUT2D eigenvalue weighted by Crippen LogP contribution is -2.45. The summed E-state index contributed by atoms with van der Waals surface area (Å²) < 4.78 is 0. The summed E-state index contributed by atoms with van der Waals surface area (Å²) in [6, 6.07) is 8.38. The maximum atomic E-state index is 6.00. The molecule has 0 aliphatic carbocycles. The van der Waals surface area contributed by atoms with Gasteiger partial charge in [0, 0.05) is 29.8 Å². The van der Waals surface area contributed by atoms with Gasteiger partial charge >= 0.3 is 0 Å². The average Bonchev–Trinajstić information content (AvgIpc) is 2.22. The van der Waals surface area contributed by atoms with Crippen molar-refractivity contribution in [2.75, 3.05) is 18.0 Å². The molecule has 0 bridgehead atoms. The van der Waals surface area contributed by atoms with E-state index in [4.69, 9.17) is 17.3 Å². The van der Waals surface area contributed by atoms with E-state index in [1.807, 2.05) is 18.2 Å². The third-order valence-electron chi connectivity index (χ3n) is 3.14. The molecule has 0 spiro atoms. The highest BCUT2D eigenvalue weighted by Gasteiger charge is 2.23. The zero-order chi connectivity index (χ0) is 10.8. The van der Waals surface area contributed by atoms with Gasteiger partial charge in [-0.2, -0.15) is 0 Å². The molecule has 1 saturated heterocycles. The molecule has 2 atom stereocenters. The second kappa shape index (κ2) is 4.42. The maximum Gasteiger partial charge on any atom is 0.0426 e. The van der Waals surface area contributed by atoms with Gasteiger partial charge in [-0.25, -0.2) is 0 Å². The third-order valence-corrected chi connectivity index (χ3v) is 3.38. The van der Waals surface area contributed by atoms with E-state index in [0.717, 1.165) is 24.5 Å². The van der Waals surface area contributed by atoms with E-state index in [2.05, 4.69) is 17.9 Å². The van der Waals surface area contributed by atoms with Crippen LogP contribution < -0.4 is 10.6 Å². The topological polar surface area (TPSA) is 29.3 Å². The minimum Gasteiger partial charge on any atom is -0.371 e. The molecular formula is C12H17ClN2. The van der Waals surface area contributed by atoms with Crippen LogP contribution in [0.15, 0.2) is 24.3 Å². The Balaban J connectivity index is 2.12. The van der Waals surface area contributed by atoms with Crippen LogP contribution in [0, 0.1) is 5.92 Å². The lowest BCUT2D eigenvalue weighted by Gasteiger charge is -2.36. The molecule has 2 rings (SSSR count). The van der Waals surface area contributed by atoms with Crippen molar-refractivity contribution in [3.05, 3.63) is 29.3 Å². The quantitative estimate of drug-likeness (QED) is 0.795. The summed E-state index contributed by atoms with van der Waals surface area (Å²) in [7, 11) is 0. The number of benzene rings is 1. The molecular weight excluding hydrogens is 208 g/mol. The van der Waals surface area contributed by atoms with Gasteiger partial charge in [0.1, 0.15) is 0 Å². The minimum atomic E-state index is 0.348. The normalized spacial score (nSPS) is 26.7. The number of rotatable bonds is 1. The minimum absolute atomic E-state index is 0.348. The Hall–Kier alpha value is -0.730. The Morgan fingerprint density at radius 1 is 1.47 bits per heavy atom. The Morgan fingerprint density at radius 2 is 2.27 bits per heavy atom. The molecule has 1 fully saturated rings. The Morgan fingerprint density at radius 3 is 2.93 bits per heavy atom. The van der Waals surface area contributed by atoms with Crippen LogP contribution in [0.3, 0.4) is 0 Å². The number of nitrogens with zero attached hydrogens (tertiary/aromatic N) is 1. The summed E-state index contributed by atoms with van der Waals surface area (Å²) in [6.45, 7) is 4.27. The van der Waals surface area contributed by atoms with Crippen molar-refractivity contribution < 1.29 is 0 Å². The standard InChI is InChI=1S/C12H17ClN2/c1-9-8-15(6-5-12(9)14)11-4-2-3-10(13)7-11/h2-4,7,9,12H,5-6,8,14H2,1H3. The van der Waals surface area contributed by atoms with Crippen molar-refractivity contribution in [1.82, 2.24) is 0 Å². The highest BCUT2D eigenvalue weighted by molar-refractivity contribution is 6.30. The fraction of sp³-hybridized carbons (Fsp3) is 0.500. The zero-order valence-corrected chi connectivity index (χ0v) is 9.74. The van der Waals surface area contributed by atoms with Gasteiger partial charge < -0.3 is 10.6 Å².